The number of hydrogen-bond donors (Lipinski definition) is 2. The molecule has 0 saturated heterocycles. The molecule has 0 fully saturated rings. The molecule has 17 heavy (non-hydrogen) atoms. The van der Waals surface area contributed by atoms with Crippen molar-refractivity contribution in [3.8, 4) is 0 Å². The van der Waals surface area contributed by atoms with Crippen molar-refractivity contribution in [1.29, 1.82) is 0 Å². The standard InChI is InChI=1S/C9H18N2O5S/c1-6(7(12)11-17(5,14)15)10-8(13)16-9(2,3)4/h6H,1-5H3,(H,10,13)(H,11,12)/t6-/m0/s1. The van der Waals surface area contributed by atoms with Crippen LogP contribution in [0.25, 0.3) is 0 Å². The lowest BCUT2D eigenvalue weighted by molar-refractivity contribution is -0.121. The van der Waals surface area contributed by atoms with Crippen molar-refractivity contribution in [3.05, 3.63) is 0 Å². The average molecular weight is 266 g/mol. The Kier molecular flexibility index (Phi) is 4.94. The number of carbonyl (C=O) groups excluding carboxylic acids is 2. The Bertz CT molecular complexity index is 396. The lowest BCUT2D eigenvalue weighted by Gasteiger charge is -2.21. The van der Waals surface area contributed by atoms with Gasteiger partial charge in [-0.3, -0.25) is 9.52 Å². The Labute approximate surface area is 101 Å². The first-order valence-corrected chi connectivity index (χ1v) is 6.81. The number of hydrogen-bond acceptors (Lipinski definition) is 5. The summed E-state index contributed by atoms with van der Waals surface area (Å²) in [6, 6.07) is -1.00. The lowest BCUT2D eigenvalue weighted by Crippen LogP contribution is -2.47. The third-order valence-corrected chi connectivity index (χ3v) is 1.98. The van der Waals surface area contributed by atoms with Gasteiger partial charge in [-0.15, -0.1) is 0 Å². The van der Waals surface area contributed by atoms with Gasteiger partial charge in [0.25, 0.3) is 5.91 Å². The van der Waals surface area contributed by atoms with Crippen LogP contribution >= 0.6 is 0 Å². The van der Waals surface area contributed by atoms with Gasteiger partial charge in [0.2, 0.25) is 10.0 Å². The molecular weight excluding hydrogens is 248 g/mol. The van der Waals surface area contributed by atoms with Crippen molar-refractivity contribution in [2.75, 3.05) is 6.26 Å². The van der Waals surface area contributed by atoms with Crippen LogP contribution in [0, 0.1) is 0 Å². The summed E-state index contributed by atoms with van der Waals surface area (Å²) in [6.07, 6.45) is 0.0686. The Morgan fingerprint density at radius 3 is 2.06 bits per heavy atom. The van der Waals surface area contributed by atoms with E-state index in [1.54, 1.807) is 25.5 Å². The van der Waals surface area contributed by atoms with E-state index in [9.17, 15) is 18.0 Å². The van der Waals surface area contributed by atoms with Gasteiger partial charge in [0, 0.05) is 0 Å². The van der Waals surface area contributed by atoms with Gasteiger partial charge >= 0.3 is 6.09 Å². The lowest BCUT2D eigenvalue weighted by atomic mass is 10.2. The summed E-state index contributed by atoms with van der Waals surface area (Å²) < 4.78 is 28.2. The Balaban J connectivity index is 4.32. The number of amides is 2. The summed E-state index contributed by atoms with van der Waals surface area (Å²) in [6.45, 7) is 6.37. The number of alkyl carbamates (subject to hydrolysis) is 1. The minimum atomic E-state index is -3.63. The van der Waals surface area contributed by atoms with Crippen LogP contribution in [0.2, 0.25) is 0 Å². The number of nitrogens with one attached hydrogen (secondary N) is 2. The number of sulfonamides is 1. The molecule has 0 radical (unpaired) electrons. The zero-order valence-electron chi connectivity index (χ0n) is 10.5. The summed E-state index contributed by atoms with van der Waals surface area (Å²) in [7, 11) is -3.63. The van der Waals surface area contributed by atoms with E-state index in [-0.39, 0.29) is 0 Å². The van der Waals surface area contributed by atoms with Gasteiger partial charge in [0.15, 0.2) is 0 Å². The van der Waals surface area contributed by atoms with Gasteiger partial charge in [-0.2, -0.15) is 0 Å². The summed E-state index contributed by atoms with van der Waals surface area (Å²) in [5, 5.41) is 2.22. The van der Waals surface area contributed by atoms with Gasteiger partial charge in [0.1, 0.15) is 11.6 Å². The van der Waals surface area contributed by atoms with Gasteiger partial charge in [0.05, 0.1) is 6.26 Å². The minimum absolute atomic E-state index is 0.683. The molecule has 0 saturated carbocycles. The second kappa shape index (κ2) is 5.35. The Morgan fingerprint density at radius 1 is 1.24 bits per heavy atom. The summed E-state index contributed by atoms with van der Waals surface area (Å²) in [4.78, 5) is 22.6. The molecule has 0 aromatic carbocycles. The number of ether oxygens (including phenoxy) is 1. The molecule has 2 amide bonds. The molecule has 100 valence electrons. The average Bonchev–Trinajstić information content (AvgIpc) is 1.95. The van der Waals surface area contributed by atoms with Crippen LogP contribution in [-0.4, -0.2) is 38.3 Å². The van der Waals surface area contributed by atoms with Crippen molar-refractivity contribution >= 4 is 22.0 Å². The molecule has 0 aliphatic heterocycles. The first kappa shape index (κ1) is 15.7. The summed E-state index contributed by atoms with van der Waals surface area (Å²) in [5.74, 6) is -0.821. The van der Waals surface area contributed by atoms with Crippen LogP contribution in [0.3, 0.4) is 0 Å². The molecule has 0 aliphatic rings. The van der Waals surface area contributed by atoms with Crippen LogP contribution in [0.15, 0.2) is 0 Å². The quantitative estimate of drug-likeness (QED) is 0.747. The maximum Gasteiger partial charge on any atom is 0.408 e. The zero-order valence-corrected chi connectivity index (χ0v) is 11.3. The molecule has 7 nitrogen and oxygen atoms in total. The summed E-state index contributed by atoms with van der Waals surface area (Å²) in [5.41, 5.74) is -0.683. The molecule has 0 spiro atoms. The Hall–Kier alpha value is -1.31. The highest BCUT2D eigenvalue weighted by molar-refractivity contribution is 7.89. The third kappa shape index (κ3) is 8.49. The van der Waals surface area contributed by atoms with Gasteiger partial charge in [-0.05, 0) is 27.7 Å². The molecule has 8 heteroatoms. The fourth-order valence-corrected chi connectivity index (χ4v) is 1.36. The molecule has 0 heterocycles. The second-order valence-electron chi connectivity index (χ2n) is 4.61. The van der Waals surface area contributed by atoms with Crippen LogP contribution in [0.4, 0.5) is 4.79 Å². The third-order valence-electron chi connectivity index (χ3n) is 1.41. The molecule has 1 atom stereocenters. The van der Waals surface area contributed by atoms with E-state index in [2.05, 4.69) is 5.32 Å². The van der Waals surface area contributed by atoms with Crippen molar-refractivity contribution < 1.29 is 22.7 Å². The van der Waals surface area contributed by atoms with E-state index in [4.69, 9.17) is 4.74 Å². The predicted octanol–water partition coefficient (Wildman–Crippen LogP) is -0.0246. The normalized spacial score (nSPS) is 13.7. The minimum Gasteiger partial charge on any atom is -0.444 e. The molecule has 0 bridgehead atoms. The fourth-order valence-electron chi connectivity index (χ4n) is 0.821. The van der Waals surface area contributed by atoms with Crippen LogP contribution in [-0.2, 0) is 19.6 Å². The van der Waals surface area contributed by atoms with E-state index in [0.717, 1.165) is 6.26 Å². The largest absolute Gasteiger partial charge is 0.444 e. The van der Waals surface area contributed by atoms with Gasteiger partial charge in [-0.1, -0.05) is 0 Å². The first-order valence-electron chi connectivity index (χ1n) is 4.92. The SMILES string of the molecule is C[C@H](NC(=O)OC(C)(C)C)C(=O)NS(C)(=O)=O. The molecule has 0 aliphatic carbocycles. The van der Waals surface area contributed by atoms with E-state index >= 15 is 0 Å². The molecular formula is C9H18N2O5S. The molecule has 0 unspecified atom stereocenters. The van der Waals surface area contributed by atoms with Crippen molar-refractivity contribution in [1.82, 2.24) is 10.0 Å². The summed E-state index contributed by atoms with van der Waals surface area (Å²) >= 11 is 0. The number of carbonyl (C=O) groups is 2. The molecule has 2 N–H and O–H groups in total. The highest BCUT2D eigenvalue weighted by Gasteiger charge is 2.22. The van der Waals surface area contributed by atoms with E-state index in [0.29, 0.717) is 0 Å². The Morgan fingerprint density at radius 2 is 1.71 bits per heavy atom. The van der Waals surface area contributed by atoms with Crippen molar-refractivity contribution in [2.24, 2.45) is 0 Å². The second-order valence-corrected chi connectivity index (χ2v) is 6.35. The topological polar surface area (TPSA) is 102 Å². The van der Waals surface area contributed by atoms with E-state index < -0.39 is 33.7 Å². The van der Waals surface area contributed by atoms with Gasteiger partial charge in [-0.25, -0.2) is 13.2 Å². The van der Waals surface area contributed by atoms with Crippen LogP contribution in [0.1, 0.15) is 27.7 Å². The molecule has 0 aromatic heterocycles. The van der Waals surface area contributed by atoms with Crippen molar-refractivity contribution in [3.63, 3.8) is 0 Å². The van der Waals surface area contributed by atoms with Crippen LogP contribution < -0.4 is 10.0 Å². The predicted molar refractivity (Wildman–Crippen MR) is 61.8 cm³/mol. The first-order chi connectivity index (χ1) is 7.41. The number of rotatable bonds is 3. The fraction of sp³-hybridized carbons (Fsp3) is 0.778. The van der Waals surface area contributed by atoms with E-state index in [1.165, 1.54) is 6.92 Å². The van der Waals surface area contributed by atoms with Gasteiger partial charge < -0.3 is 10.1 Å². The maximum absolute atomic E-state index is 11.3. The van der Waals surface area contributed by atoms with Crippen LogP contribution in [0.5, 0.6) is 0 Å². The van der Waals surface area contributed by atoms with E-state index in [1.807, 2.05) is 0 Å². The molecule has 0 rings (SSSR count). The van der Waals surface area contributed by atoms with Crippen molar-refractivity contribution in [2.45, 2.75) is 39.3 Å². The monoisotopic (exact) mass is 266 g/mol. The highest BCUT2D eigenvalue weighted by Crippen LogP contribution is 2.06. The highest BCUT2D eigenvalue weighted by atomic mass is 32.2. The smallest absolute Gasteiger partial charge is 0.408 e. The molecule has 0 aromatic rings. The maximum atomic E-state index is 11.3. The zero-order chi connectivity index (χ0) is 13.9.